The van der Waals surface area contributed by atoms with E-state index in [1.165, 1.54) is 11.5 Å². The molecule has 2 heterocycles. The number of aromatic nitrogens is 2. The van der Waals surface area contributed by atoms with E-state index >= 15 is 0 Å². The number of urea groups is 1. The zero-order chi connectivity index (χ0) is 35.7. The fraction of sp³-hybridized carbons (Fsp3) is 0.378. The number of hydrogen-bond acceptors (Lipinski definition) is 8. The predicted molar refractivity (Wildman–Crippen MR) is 192 cm³/mol. The quantitative estimate of drug-likeness (QED) is 0.103. The Labute approximate surface area is 286 Å². The third-order valence-corrected chi connectivity index (χ3v) is 7.51. The molecule has 3 amide bonds. The van der Waals surface area contributed by atoms with Crippen molar-refractivity contribution in [2.75, 3.05) is 29.2 Å². The predicted octanol–water partition coefficient (Wildman–Crippen LogP) is 7.53. The molecule has 0 atom stereocenters. The molecule has 4 aromatic rings. The maximum absolute atomic E-state index is 14.0. The van der Waals surface area contributed by atoms with Crippen LogP contribution in [0.3, 0.4) is 0 Å². The van der Waals surface area contributed by atoms with Gasteiger partial charge in [0, 0.05) is 48.4 Å². The minimum Gasteiger partial charge on any atom is -0.493 e. The van der Waals surface area contributed by atoms with Gasteiger partial charge in [0.05, 0.1) is 13.2 Å². The van der Waals surface area contributed by atoms with E-state index in [0.717, 1.165) is 11.1 Å². The van der Waals surface area contributed by atoms with Gasteiger partial charge in [0.2, 0.25) is 0 Å². The van der Waals surface area contributed by atoms with Crippen LogP contribution in [0.25, 0.3) is 22.2 Å². The Morgan fingerprint density at radius 3 is 2.20 bits per heavy atom. The van der Waals surface area contributed by atoms with Crippen molar-refractivity contribution in [1.29, 1.82) is 0 Å². The smallest absolute Gasteiger partial charge is 0.412 e. The number of ether oxygens (including phenoxy) is 3. The fourth-order valence-electron chi connectivity index (χ4n) is 5.43. The minimum atomic E-state index is -0.653. The van der Waals surface area contributed by atoms with Crippen LogP contribution in [0.5, 0.6) is 5.75 Å². The highest BCUT2D eigenvalue weighted by atomic mass is 16.6. The second-order valence-electron chi connectivity index (χ2n) is 12.3. The Hall–Kier alpha value is -5.39. The van der Waals surface area contributed by atoms with Crippen molar-refractivity contribution in [1.82, 2.24) is 9.55 Å². The summed E-state index contributed by atoms with van der Waals surface area (Å²) in [5.41, 5.74) is 3.41. The Morgan fingerprint density at radius 1 is 0.878 bits per heavy atom. The average molecular weight is 672 g/mol. The van der Waals surface area contributed by atoms with Crippen LogP contribution in [-0.4, -0.2) is 46.5 Å². The number of amides is 3. The normalized spacial score (nSPS) is 11.2. The van der Waals surface area contributed by atoms with Gasteiger partial charge in [-0.3, -0.25) is 19.5 Å². The average Bonchev–Trinajstić information content (AvgIpc) is 3.04. The van der Waals surface area contributed by atoms with Crippen molar-refractivity contribution in [3.8, 4) is 16.9 Å². The Kier molecular flexibility index (Phi) is 12.0. The van der Waals surface area contributed by atoms with Crippen molar-refractivity contribution >= 4 is 46.2 Å². The number of hydrogen-bond donors (Lipinski definition) is 3. The summed E-state index contributed by atoms with van der Waals surface area (Å²) in [4.78, 5) is 55.9. The second kappa shape index (κ2) is 16.1. The van der Waals surface area contributed by atoms with E-state index in [2.05, 4.69) is 20.9 Å². The van der Waals surface area contributed by atoms with Crippen LogP contribution >= 0.6 is 0 Å². The number of nitrogens with zero attached hydrogens (tertiary/aromatic N) is 2. The van der Waals surface area contributed by atoms with Gasteiger partial charge in [0.1, 0.15) is 22.7 Å². The second-order valence-corrected chi connectivity index (χ2v) is 12.3. The maximum Gasteiger partial charge on any atom is 0.412 e. The monoisotopic (exact) mass is 671 g/mol. The first kappa shape index (κ1) is 36.4. The summed E-state index contributed by atoms with van der Waals surface area (Å²) < 4.78 is 17.8. The van der Waals surface area contributed by atoms with Gasteiger partial charge in [0.15, 0.2) is 0 Å². The van der Waals surface area contributed by atoms with Crippen LogP contribution < -0.4 is 26.2 Å². The third-order valence-electron chi connectivity index (χ3n) is 7.51. The fourth-order valence-corrected chi connectivity index (χ4v) is 5.43. The molecule has 0 fully saturated rings. The molecule has 0 spiro atoms. The van der Waals surface area contributed by atoms with Gasteiger partial charge in [-0.2, -0.15) is 0 Å². The van der Waals surface area contributed by atoms with Crippen LogP contribution in [0, 0.1) is 0 Å². The van der Waals surface area contributed by atoms with Gasteiger partial charge in [-0.1, -0.05) is 26.0 Å². The van der Waals surface area contributed by atoms with Crippen molar-refractivity contribution in [3.05, 3.63) is 76.2 Å². The highest BCUT2D eigenvalue weighted by Crippen LogP contribution is 2.35. The molecule has 0 radical (unpaired) electrons. The van der Waals surface area contributed by atoms with Gasteiger partial charge < -0.3 is 24.8 Å². The molecule has 0 saturated heterocycles. The first-order valence-corrected chi connectivity index (χ1v) is 16.5. The van der Waals surface area contributed by atoms with E-state index < -0.39 is 23.3 Å². The number of carbonyl (C=O) groups excluding carboxylic acids is 3. The number of esters is 1. The van der Waals surface area contributed by atoms with Gasteiger partial charge in [-0.25, -0.2) is 14.6 Å². The summed E-state index contributed by atoms with van der Waals surface area (Å²) in [6.07, 6.45) is 2.69. The van der Waals surface area contributed by atoms with E-state index in [1.807, 2.05) is 39.0 Å². The third kappa shape index (κ3) is 9.37. The summed E-state index contributed by atoms with van der Waals surface area (Å²) in [5.74, 6) is 0.199. The number of rotatable bonds is 12. The number of nitrogens with one attached hydrogen (secondary N) is 3. The van der Waals surface area contributed by atoms with Crippen LogP contribution in [0.1, 0.15) is 66.0 Å². The lowest BCUT2D eigenvalue weighted by Gasteiger charge is -2.21. The van der Waals surface area contributed by atoms with Crippen LogP contribution in [-0.2, 0) is 33.7 Å². The summed E-state index contributed by atoms with van der Waals surface area (Å²) in [6.45, 7) is 13.4. The Balaban J connectivity index is 1.70. The van der Waals surface area contributed by atoms with Crippen molar-refractivity contribution in [2.24, 2.45) is 0 Å². The summed E-state index contributed by atoms with van der Waals surface area (Å²) in [7, 11) is 0. The molecule has 0 unspecified atom stereocenters. The first-order chi connectivity index (χ1) is 23.3. The largest absolute Gasteiger partial charge is 0.493 e. The van der Waals surface area contributed by atoms with Crippen LogP contribution in [0.4, 0.5) is 26.7 Å². The highest BCUT2D eigenvalue weighted by Gasteiger charge is 2.22. The van der Waals surface area contributed by atoms with Gasteiger partial charge >= 0.3 is 18.1 Å². The van der Waals surface area contributed by atoms with Crippen molar-refractivity contribution < 1.29 is 28.6 Å². The van der Waals surface area contributed by atoms with Gasteiger partial charge in [0.25, 0.3) is 5.56 Å². The minimum absolute atomic E-state index is 0.0890. The molecule has 4 rings (SSSR count). The lowest BCUT2D eigenvalue weighted by molar-refractivity contribution is -0.141. The lowest BCUT2D eigenvalue weighted by Crippen LogP contribution is -2.30. The SMILES string of the molecule is CCc1cc(NC(=O)OC(C)(C)C)cc(CC)c1NC(=O)Nc1c(-c2cccc(OCCCOC(C)=O)c2)c2cccnc2n(CC)c1=O. The molecule has 12 heteroatoms. The molecular formula is C37H45N5O7. The van der Waals surface area contributed by atoms with E-state index in [0.29, 0.717) is 71.7 Å². The molecule has 49 heavy (non-hydrogen) atoms. The Morgan fingerprint density at radius 2 is 1.57 bits per heavy atom. The van der Waals surface area contributed by atoms with Gasteiger partial charge in [-0.15, -0.1) is 0 Å². The number of benzene rings is 2. The number of fused-ring (bicyclic) bond motifs is 1. The van der Waals surface area contributed by atoms with E-state index in [-0.39, 0.29) is 18.3 Å². The summed E-state index contributed by atoms with van der Waals surface area (Å²) in [6, 6.07) is 13.9. The highest BCUT2D eigenvalue weighted by molar-refractivity contribution is 6.08. The summed E-state index contributed by atoms with van der Waals surface area (Å²) >= 11 is 0. The zero-order valence-electron chi connectivity index (χ0n) is 29.2. The standard InChI is InChI=1S/C37H45N5O7/c1-8-24-20-27(39-36(46)49-37(5,6)7)21-25(9-2)31(24)40-35(45)41-32-30(29-16-12-17-38-33(29)42(10-3)34(32)44)26-14-11-15-28(22-26)48-19-13-18-47-23(4)43/h11-12,14-17,20-22H,8-10,13,18-19H2,1-7H3,(H,39,46)(H2,40,41,45). The molecule has 0 saturated carbocycles. The van der Waals surface area contributed by atoms with E-state index in [4.69, 9.17) is 14.2 Å². The molecule has 2 aromatic heterocycles. The number of aryl methyl sites for hydroxylation is 3. The molecular weight excluding hydrogens is 626 g/mol. The molecule has 0 aliphatic rings. The number of pyridine rings is 2. The van der Waals surface area contributed by atoms with Crippen LogP contribution in [0.15, 0.2) is 59.5 Å². The number of carbonyl (C=O) groups is 3. The number of anilines is 3. The molecule has 0 bridgehead atoms. The van der Waals surface area contributed by atoms with E-state index in [9.17, 15) is 19.2 Å². The molecule has 3 N–H and O–H groups in total. The lowest BCUT2D eigenvalue weighted by atomic mass is 10.00. The topological polar surface area (TPSA) is 150 Å². The van der Waals surface area contributed by atoms with Crippen LogP contribution in [0.2, 0.25) is 0 Å². The molecule has 2 aromatic carbocycles. The Bertz CT molecular complexity index is 1870. The maximum atomic E-state index is 14.0. The molecule has 260 valence electrons. The molecule has 12 nitrogen and oxygen atoms in total. The zero-order valence-corrected chi connectivity index (χ0v) is 29.2. The molecule has 0 aliphatic carbocycles. The van der Waals surface area contributed by atoms with E-state index in [1.54, 1.807) is 57.3 Å². The molecule has 0 aliphatic heterocycles. The first-order valence-electron chi connectivity index (χ1n) is 16.5. The van der Waals surface area contributed by atoms with Crippen molar-refractivity contribution in [2.45, 2.75) is 79.9 Å². The summed E-state index contributed by atoms with van der Waals surface area (Å²) in [5, 5.41) is 9.31. The van der Waals surface area contributed by atoms with Gasteiger partial charge in [-0.05, 0) is 93.6 Å². The van der Waals surface area contributed by atoms with Crippen molar-refractivity contribution in [3.63, 3.8) is 0 Å².